The number of rotatable bonds is 2. The van der Waals surface area contributed by atoms with E-state index in [-0.39, 0.29) is 11.3 Å². The fourth-order valence-electron chi connectivity index (χ4n) is 2.65. The predicted octanol–water partition coefficient (Wildman–Crippen LogP) is 4.21. The molecule has 2 aromatic carbocycles. The Hall–Kier alpha value is -2.68. The molecule has 0 unspecified atom stereocenters. The topological polar surface area (TPSA) is 41.5 Å². The molecule has 0 spiro atoms. The van der Waals surface area contributed by atoms with Gasteiger partial charge in [-0.2, -0.15) is 0 Å². The molecular formula is C21H22N2O. The van der Waals surface area contributed by atoms with E-state index in [1.165, 1.54) is 5.56 Å². The summed E-state index contributed by atoms with van der Waals surface area (Å²) in [7, 11) is 0. The molecule has 2 aromatic rings. The van der Waals surface area contributed by atoms with Crippen LogP contribution in [-0.2, 0) is 10.2 Å². The van der Waals surface area contributed by atoms with E-state index in [2.05, 4.69) is 43.2 Å². The third-order valence-corrected chi connectivity index (χ3v) is 4.07. The number of amides is 1. The second-order valence-electron chi connectivity index (χ2n) is 7.19. The quantitative estimate of drug-likeness (QED) is 0.828. The maximum absolute atomic E-state index is 12.2. The van der Waals surface area contributed by atoms with Crippen LogP contribution in [0.4, 0.5) is 0 Å². The van der Waals surface area contributed by atoms with Crippen LogP contribution in [0.2, 0.25) is 0 Å². The summed E-state index contributed by atoms with van der Waals surface area (Å²) in [6, 6.07) is 16.2. The van der Waals surface area contributed by atoms with Crippen molar-refractivity contribution in [3.05, 3.63) is 76.5 Å². The summed E-state index contributed by atoms with van der Waals surface area (Å²) in [5.74, 6) is 0.450. The number of aliphatic imine (C=N–C) groups is 1. The van der Waals surface area contributed by atoms with Crippen molar-refractivity contribution >= 4 is 17.8 Å². The molecule has 1 aliphatic heterocycles. The predicted molar refractivity (Wildman–Crippen MR) is 99.0 cm³/mol. The van der Waals surface area contributed by atoms with Gasteiger partial charge in [0, 0.05) is 5.56 Å². The molecule has 1 amide bonds. The van der Waals surface area contributed by atoms with E-state index in [1.54, 1.807) is 0 Å². The van der Waals surface area contributed by atoms with Crippen molar-refractivity contribution in [2.45, 2.75) is 33.1 Å². The highest BCUT2D eigenvalue weighted by Crippen LogP contribution is 2.23. The van der Waals surface area contributed by atoms with E-state index in [4.69, 9.17) is 0 Å². The summed E-state index contributed by atoms with van der Waals surface area (Å²) < 4.78 is 0. The molecule has 3 nitrogen and oxygen atoms in total. The first-order valence-corrected chi connectivity index (χ1v) is 8.12. The van der Waals surface area contributed by atoms with Gasteiger partial charge >= 0.3 is 0 Å². The zero-order chi connectivity index (χ0) is 17.3. The van der Waals surface area contributed by atoms with E-state index in [0.717, 1.165) is 16.7 Å². The first-order valence-electron chi connectivity index (χ1n) is 8.12. The molecule has 0 saturated carbocycles. The first-order chi connectivity index (χ1) is 11.3. The Labute approximate surface area is 143 Å². The lowest BCUT2D eigenvalue weighted by Crippen LogP contribution is -2.24. The molecule has 0 atom stereocenters. The van der Waals surface area contributed by atoms with Crippen molar-refractivity contribution < 1.29 is 4.79 Å². The molecule has 24 heavy (non-hydrogen) atoms. The number of aryl methyl sites for hydroxylation is 1. The zero-order valence-corrected chi connectivity index (χ0v) is 14.6. The second-order valence-corrected chi connectivity index (χ2v) is 7.19. The van der Waals surface area contributed by atoms with Gasteiger partial charge < -0.3 is 5.32 Å². The highest BCUT2D eigenvalue weighted by atomic mass is 16.2. The van der Waals surface area contributed by atoms with E-state index in [1.807, 2.05) is 49.4 Å². The lowest BCUT2D eigenvalue weighted by atomic mass is 9.86. The van der Waals surface area contributed by atoms with Gasteiger partial charge in [0.1, 0.15) is 11.5 Å². The van der Waals surface area contributed by atoms with Crippen LogP contribution in [0.5, 0.6) is 0 Å². The number of benzene rings is 2. The van der Waals surface area contributed by atoms with Crippen molar-refractivity contribution in [3.63, 3.8) is 0 Å². The molecule has 3 heteroatoms. The number of hydrogen-bond acceptors (Lipinski definition) is 2. The Kier molecular flexibility index (Phi) is 4.10. The van der Waals surface area contributed by atoms with Gasteiger partial charge in [-0.25, -0.2) is 4.99 Å². The fourth-order valence-corrected chi connectivity index (χ4v) is 2.65. The summed E-state index contributed by atoms with van der Waals surface area (Å²) in [5, 5.41) is 2.86. The number of nitrogens with zero attached hydrogens (tertiary/aromatic N) is 1. The molecule has 1 heterocycles. The molecule has 0 radical (unpaired) electrons. The van der Waals surface area contributed by atoms with Gasteiger partial charge in [0.25, 0.3) is 5.91 Å². The molecule has 3 rings (SSSR count). The Balaban J connectivity index is 1.89. The number of carbonyl (C=O) groups is 1. The highest BCUT2D eigenvalue weighted by molar-refractivity contribution is 6.19. The molecule has 122 valence electrons. The van der Waals surface area contributed by atoms with Gasteiger partial charge in [-0.15, -0.1) is 0 Å². The van der Waals surface area contributed by atoms with Gasteiger partial charge in [0.2, 0.25) is 0 Å². The number of hydrogen-bond donors (Lipinski definition) is 1. The average molecular weight is 318 g/mol. The molecule has 0 aromatic heterocycles. The summed E-state index contributed by atoms with van der Waals surface area (Å²) >= 11 is 0. The minimum Gasteiger partial charge on any atom is -0.305 e. The highest BCUT2D eigenvalue weighted by Gasteiger charge is 2.21. The molecule has 1 N–H and O–H groups in total. The van der Waals surface area contributed by atoms with E-state index in [9.17, 15) is 4.79 Å². The molecule has 1 aliphatic rings. The third-order valence-electron chi connectivity index (χ3n) is 4.07. The van der Waals surface area contributed by atoms with Crippen LogP contribution in [0, 0.1) is 6.92 Å². The van der Waals surface area contributed by atoms with Crippen molar-refractivity contribution in [2.24, 2.45) is 4.99 Å². The SMILES string of the molecule is Cc1cccc(/C=C2/N=C(c3ccc(C(C)(C)C)cc3)NC2=O)c1. The van der Waals surface area contributed by atoms with E-state index < -0.39 is 0 Å². The van der Waals surface area contributed by atoms with E-state index in [0.29, 0.717) is 11.5 Å². The summed E-state index contributed by atoms with van der Waals surface area (Å²) in [6.45, 7) is 8.57. The smallest absolute Gasteiger partial charge is 0.275 e. The van der Waals surface area contributed by atoms with Gasteiger partial charge in [0.05, 0.1) is 0 Å². The van der Waals surface area contributed by atoms with Crippen LogP contribution in [0.3, 0.4) is 0 Å². The van der Waals surface area contributed by atoms with E-state index >= 15 is 0 Å². The van der Waals surface area contributed by atoms with Gasteiger partial charge in [0.15, 0.2) is 0 Å². The third kappa shape index (κ3) is 3.46. The maximum atomic E-state index is 12.2. The van der Waals surface area contributed by atoms with Crippen LogP contribution >= 0.6 is 0 Å². The molecule has 0 bridgehead atoms. The molecular weight excluding hydrogens is 296 g/mol. The number of nitrogens with one attached hydrogen (secondary N) is 1. The Morgan fingerprint density at radius 1 is 1.04 bits per heavy atom. The summed E-state index contributed by atoms with van der Waals surface area (Å²) in [6.07, 6.45) is 1.82. The summed E-state index contributed by atoms with van der Waals surface area (Å²) in [4.78, 5) is 16.7. The van der Waals surface area contributed by atoms with Crippen LogP contribution in [0.1, 0.15) is 43.0 Å². The van der Waals surface area contributed by atoms with Crippen LogP contribution in [-0.4, -0.2) is 11.7 Å². The molecule has 0 aliphatic carbocycles. The van der Waals surface area contributed by atoms with Crippen molar-refractivity contribution in [1.82, 2.24) is 5.32 Å². The van der Waals surface area contributed by atoms with Crippen molar-refractivity contribution in [2.75, 3.05) is 0 Å². The lowest BCUT2D eigenvalue weighted by molar-refractivity contribution is -0.115. The largest absolute Gasteiger partial charge is 0.305 e. The standard InChI is InChI=1S/C21H22N2O/c1-14-6-5-7-15(12-14)13-18-20(24)23-19(22-18)16-8-10-17(11-9-16)21(2,3)4/h5-13H,1-4H3,(H,22,23,24)/b18-13+. The normalized spacial score (nSPS) is 16.2. The average Bonchev–Trinajstić information content (AvgIpc) is 2.88. The Bertz CT molecular complexity index is 837. The first kappa shape index (κ1) is 16.2. The Morgan fingerprint density at radius 2 is 1.75 bits per heavy atom. The van der Waals surface area contributed by atoms with Gasteiger partial charge in [-0.3, -0.25) is 4.79 Å². The number of carbonyl (C=O) groups excluding carboxylic acids is 1. The second kappa shape index (κ2) is 6.08. The molecule has 0 saturated heterocycles. The minimum absolute atomic E-state index is 0.107. The monoisotopic (exact) mass is 318 g/mol. The zero-order valence-electron chi connectivity index (χ0n) is 14.6. The molecule has 0 fully saturated rings. The van der Waals surface area contributed by atoms with Crippen molar-refractivity contribution in [3.8, 4) is 0 Å². The van der Waals surface area contributed by atoms with Crippen molar-refractivity contribution in [1.29, 1.82) is 0 Å². The van der Waals surface area contributed by atoms with Crippen LogP contribution < -0.4 is 5.32 Å². The van der Waals surface area contributed by atoms with Gasteiger partial charge in [-0.1, -0.05) is 74.9 Å². The fraction of sp³-hybridized carbons (Fsp3) is 0.238. The maximum Gasteiger partial charge on any atom is 0.275 e. The van der Waals surface area contributed by atoms with Crippen LogP contribution in [0.15, 0.2) is 59.2 Å². The van der Waals surface area contributed by atoms with Crippen LogP contribution in [0.25, 0.3) is 6.08 Å². The lowest BCUT2D eigenvalue weighted by Gasteiger charge is -2.19. The number of amidine groups is 1. The summed E-state index contributed by atoms with van der Waals surface area (Å²) in [5.41, 5.74) is 4.86. The minimum atomic E-state index is -0.161. The Morgan fingerprint density at radius 3 is 2.38 bits per heavy atom. The van der Waals surface area contributed by atoms with Gasteiger partial charge in [-0.05, 0) is 29.5 Å².